The van der Waals surface area contributed by atoms with Crippen molar-refractivity contribution in [2.75, 3.05) is 0 Å². The lowest BCUT2D eigenvalue weighted by molar-refractivity contribution is 0.0982. The highest BCUT2D eigenvalue weighted by Crippen LogP contribution is 2.27. The van der Waals surface area contributed by atoms with Gasteiger partial charge in [0.05, 0.1) is 0 Å². The summed E-state index contributed by atoms with van der Waals surface area (Å²) in [6.07, 6.45) is 5.82. The molecule has 0 bridgehead atoms. The maximum absolute atomic E-state index is 11.9. The van der Waals surface area contributed by atoms with Crippen molar-refractivity contribution in [2.45, 2.75) is 25.7 Å². The Bertz CT molecular complexity index is 524. The number of ketones is 1. The van der Waals surface area contributed by atoms with Crippen molar-refractivity contribution in [2.24, 2.45) is 0 Å². The van der Waals surface area contributed by atoms with Gasteiger partial charge in [-0.25, -0.2) is 0 Å². The number of aromatic nitrogens is 1. The molecule has 76 valence electrons. The third kappa shape index (κ3) is 1.29. The Balaban J connectivity index is 2.31. The van der Waals surface area contributed by atoms with Crippen LogP contribution in [0.15, 0.2) is 24.4 Å². The molecule has 15 heavy (non-hydrogen) atoms. The average Bonchev–Trinajstić information content (AvgIpc) is 2.64. The van der Waals surface area contributed by atoms with Crippen LogP contribution >= 0.6 is 0 Å². The highest BCUT2D eigenvalue weighted by atomic mass is 16.1. The van der Waals surface area contributed by atoms with Gasteiger partial charge in [-0.1, -0.05) is 12.1 Å². The lowest BCUT2D eigenvalue weighted by Crippen LogP contribution is -2.00. The maximum atomic E-state index is 11.9. The average molecular weight is 199 g/mol. The number of fused-ring (bicyclic) bond motifs is 3. The van der Waals surface area contributed by atoms with Gasteiger partial charge < -0.3 is 4.98 Å². The van der Waals surface area contributed by atoms with Crippen molar-refractivity contribution in [1.29, 1.82) is 0 Å². The van der Waals surface area contributed by atoms with E-state index in [2.05, 4.69) is 11.1 Å². The molecular formula is C13H13NO. The number of hydrogen-bond acceptors (Lipinski definition) is 1. The standard InChI is InChI=1S/C13H13NO/c15-12-4-2-1-3-11-10(12)6-5-9-7-8-14-13(9)11/h5-8,14H,1-4H2. The second-order valence-corrected chi connectivity index (χ2v) is 4.16. The molecule has 0 unspecified atom stereocenters. The van der Waals surface area contributed by atoms with E-state index in [1.165, 1.54) is 10.9 Å². The number of hydrogen-bond donors (Lipinski definition) is 1. The predicted octanol–water partition coefficient (Wildman–Crippen LogP) is 3.08. The topological polar surface area (TPSA) is 32.9 Å². The molecule has 1 aromatic carbocycles. The fraction of sp³-hybridized carbons (Fsp3) is 0.308. The van der Waals surface area contributed by atoms with Gasteiger partial charge in [-0.2, -0.15) is 0 Å². The second-order valence-electron chi connectivity index (χ2n) is 4.16. The molecule has 1 aliphatic carbocycles. The van der Waals surface area contributed by atoms with E-state index in [9.17, 15) is 4.79 Å². The van der Waals surface area contributed by atoms with Crippen LogP contribution in [0.3, 0.4) is 0 Å². The summed E-state index contributed by atoms with van der Waals surface area (Å²) in [6, 6.07) is 6.08. The highest BCUT2D eigenvalue weighted by molar-refractivity contribution is 6.02. The quantitative estimate of drug-likeness (QED) is 0.650. The summed E-state index contributed by atoms with van der Waals surface area (Å²) in [7, 11) is 0. The van der Waals surface area contributed by atoms with E-state index in [0.29, 0.717) is 12.2 Å². The monoisotopic (exact) mass is 199 g/mol. The molecule has 1 N–H and O–H groups in total. The molecule has 2 nitrogen and oxygen atoms in total. The van der Waals surface area contributed by atoms with E-state index in [1.807, 2.05) is 18.3 Å². The maximum Gasteiger partial charge on any atom is 0.163 e. The summed E-state index contributed by atoms with van der Waals surface area (Å²) < 4.78 is 0. The van der Waals surface area contributed by atoms with Crippen molar-refractivity contribution in [3.8, 4) is 0 Å². The molecule has 0 aliphatic heterocycles. The van der Waals surface area contributed by atoms with E-state index >= 15 is 0 Å². The molecule has 0 saturated carbocycles. The first kappa shape index (κ1) is 8.72. The number of nitrogens with one attached hydrogen (secondary N) is 1. The third-order valence-electron chi connectivity index (χ3n) is 3.22. The van der Waals surface area contributed by atoms with Gasteiger partial charge >= 0.3 is 0 Å². The normalized spacial score (nSPS) is 16.4. The predicted molar refractivity (Wildman–Crippen MR) is 60.2 cm³/mol. The lowest BCUT2D eigenvalue weighted by atomic mass is 9.99. The largest absolute Gasteiger partial charge is 0.361 e. The Hall–Kier alpha value is -1.57. The van der Waals surface area contributed by atoms with Crippen LogP contribution in [0.1, 0.15) is 35.2 Å². The van der Waals surface area contributed by atoms with Crippen LogP contribution < -0.4 is 0 Å². The zero-order valence-electron chi connectivity index (χ0n) is 8.55. The third-order valence-corrected chi connectivity index (χ3v) is 3.22. The highest BCUT2D eigenvalue weighted by Gasteiger charge is 2.17. The first-order valence-electron chi connectivity index (χ1n) is 5.48. The summed E-state index contributed by atoms with van der Waals surface area (Å²) in [5.41, 5.74) is 3.31. The summed E-state index contributed by atoms with van der Waals surface area (Å²) in [5, 5.41) is 1.21. The summed E-state index contributed by atoms with van der Waals surface area (Å²) >= 11 is 0. The van der Waals surface area contributed by atoms with Crippen LogP contribution in [0, 0.1) is 0 Å². The van der Waals surface area contributed by atoms with E-state index in [1.54, 1.807) is 0 Å². The number of aromatic amines is 1. The van der Waals surface area contributed by atoms with Crippen molar-refractivity contribution < 1.29 is 4.79 Å². The fourth-order valence-corrected chi connectivity index (χ4v) is 2.43. The molecular weight excluding hydrogens is 186 g/mol. The Morgan fingerprint density at radius 1 is 1.07 bits per heavy atom. The number of carbonyl (C=O) groups excluding carboxylic acids is 1. The fourth-order valence-electron chi connectivity index (χ4n) is 2.43. The lowest BCUT2D eigenvalue weighted by Gasteiger charge is -2.05. The van der Waals surface area contributed by atoms with Gasteiger partial charge in [0.15, 0.2) is 5.78 Å². The summed E-state index contributed by atoms with van der Waals surface area (Å²) in [4.78, 5) is 15.1. The van der Waals surface area contributed by atoms with E-state index in [-0.39, 0.29) is 0 Å². The van der Waals surface area contributed by atoms with Gasteiger partial charge in [0.2, 0.25) is 0 Å². The number of Topliss-reactive ketones (excluding diaryl/α,β-unsaturated/α-hetero) is 1. The zero-order valence-corrected chi connectivity index (χ0v) is 8.55. The van der Waals surface area contributed by atoms with E-state index in [4.69, 9.17) is 0 Å². The minimum atomic E-state index is 0.305. The number of aryl methyl sites for hydroxylation is 1. The molecule has 0 amide bonds. The Labute approximate surface area is 88.3 Å². The van der Waals surface area contributed by atoms with Crippen LogP contribution in [0.5, 0.6) is 0 Å². The van der Waals surface area contributed by atoms with Crippen LogP contribution in [-0.4, -0.2) is 10.8 Å². The Kier molecular flexibility index (Phi) is 1.88. The zero-order chi connectivity index (χ0) is 10.3. The van der Waals surface area contributed by atoms with E-state index < -0.39 is 0 Å². The molecule has 0 fully saturated rings. The van der Waals surface area contributed by atoms with Gasteiger partial charge in [-0.15, -0.1) is 0 Å². The molecule has 0 saturated heterocycles. The molecule has 1 heterocycles. The summed E-state index contributed by atoms with van der Waals surface area (Å²) in [5.74, 6) is 0.305. The number of H-pyrrole nitrogens is 1. The van der Waals surface area contributed by atoms with Gasteiger partial charge in [0.25, 0.3) is 0 Å². The van der Waals surface area contributed by atoms with Crippen LogP contribution in [0.4, 0.5) is 0 Å². The van der Waals surface area contributed by atoms with Crippen molar-refractivity contribution >= 4 is 16.7 Å². The molecule has 1 aromatic heterocycles. The number of rotatable bonds is 0. The molecule has 2 aromatic rings. The van der Waals surface area contributed by atoms with Crippen molar-refractivity contribution in [3.63, 3.8) is 0 Å². The second kappa shape index (κ2) is 3.23. The number of benzene rings is 1. The SMILES string of the molecule is O=C1CCCCc2c1ccc1cc[nH]c21. The first-order chi connectivity index (χ1) is 7.36. The van der Waals surface area contributed by atoms with Gasteiger partial charge in [-0.05, 0) is 36.3 Å². The van der Waals surface area contributed by atoms with Gasteiger partial charge in [-0.3, -0.25) is 4.79 Å². The minimum Gasteiger partial charge on any atom is -0.361 e. The smallest absolute Gasteiger partial charge is 0.163 e. The van der Waals surface area contributed by atoms with Crippen molar-refractivity contribution in [3.05, 3.63) is 35.5 Å². The van der Waals surface area contributed by atoms with Crippen LogP contribution in [0.25, 0.3) is 10.9 Å². The summed E-state index contributed by atoms with van der Waals surface area (Å²) in [6.45, 7) is 0. The molecule has 1 aliphatic rings. The first-order valence-corrected chi connectivity index (χ1v) is 5.48. The number of carbonyl (C=O) groups is 1. The molecule has 0 atom stereocenters. The minimum absolute atomic E-state index is 0.305. The van der Waals surface area contributed by atoms with Crippen molar-refractivity contribution in [1.82, 2.24) is 4.98 Å². The van der Waals surface area contributed by atoms with E-state index in [0.717, 1.165) is 30.3 Å². The van der Waals surface area contributed by atoms with Gasteiger partial charge in [0.1, 0.15) is 0 Å². The van der Waals surface area contributed by atoms with Crippen LogP contribution in [0.2, 0.25) is 0 Å². The molecule has 3 rings (SSSR count). The molecule has 2 heteroatoms. The van der Waals surface area contributed by atoms with Gasteiger partial charge in [0, 0.05) is 23.7 Å². The Morgan fingerprint density at radius 2 is 1.93 bits per heavy atom. The van der Waals surface area contributed by atoms with Crippen LogP contribution in [-0.2, 0) is 6.42 Å². The molecule has 0 spiro atoms. The Morgan fingerprint density at radius 3 is 2.87 bits per heavy atom. The molecule has 0 radical (unpaired) electrons.